The van der Waals surface area contributed by atoms with Crippen molar-refractivity contribution in [1.82, 2.24) is 10.1 Å². The molecular formula is C10H8N3O+. The molecule has 0 radical (unpaired) electrons. The van der Waals surface area contributed by atoms with Gasteiger partial charge in [-0.25, -0.2) is 0 Å². The Morgan fingerprint density at radius 1 is 1.14 bits per heavy atom. The standard InChI is InChI=1S/C10H7N3O/c14-10-9-7(5-11-13-10)6-3-1-2-4-8(6)12-9/h1-5,12H,(H,13,14)/p+1. The molecule has 3 N–H and O–H groups in total. The third kappa shape index (κ3) is 0.821. The van der Waals surface area contributed by atoms with Crippen molar-refractivity contribution in [3.8, 4) is 0 Å². The van der Waals surface area contributed by atoms with Crippen LogP contribution < -0.4 is 10.7 Å². The number of hydrogen-bond acceptors (Lipinski definition) is 1. The van der Waals surface area contributed by atoms with Gasteiger partial charge in [-0.05, 0) is 6.07 Å². The summed E-state index contributed by atoms with van der Waals surface area (Å²) in [6, 6.07) is 7.84. The summed E-state index contributed by atoms with van der Waals surface area (Å²) in [7, 11) is 0. The zero-order valence-electron chi connectivity index (χ0n) is 7.29. The van der Waals surface area contributed by atoms with Crippen molar-refractivity contribution in [2.24, 2.45) is 0 Å². The summed E-state index contributed by atoms with van der Waals surface area (Å²) in [6.07, 6.45) is 1.79. The van der Waals surface area contributed by atoms with Crippen molar-refractivity contribution in [2.45, 2.75) is 0 Å². The van der Waals surface area contributed by atoms with Gasteiger partial charge in [0.2, 0.25) is 6.20 Å². The Labute approximate surface area is 78.6 Å². The van der Waals surface area contributed by atoms with Crippen LogP contribution in [0.1, 0.15) is 0 Å². The predicted molar refractivity (Wildman–Crippen MR) is 53.0 cm³/mol. The SMILES string of the molecule is O=c1[nH][nH+]cc2c1[nH]c1ccccc12. The molecule has 0 bridgehead atoms. The number of H-pyrrole nitrogens is 3. The molecule has 0 atom stereocenters. The molecule has 0 aliphatic carbocycles. The molecule has 3 rings (SSSR count). The summed E-state index contributed by atoms with van der Waals surface area (Å²) in [6.45, 7) is 0. The minimum Gasteiger partial charge on any atom is -0.350 e. The molecular weight excluding hydrogens is 178 g/mol. The smallest absolute Gasteiger partial charge is 0.322 e. The summed E-state index contributed by atoms with van der Waals surface area (Å²) < 4.78 is 0. The normalized spacial score (nSPS) is 11.1. The lowest BCUT2D eigenvalue weighted by atomic mass is 10.2. The number of hydrogen-bond donors (Lipinski definition) is 2. The van der Waals surface area contributed by atoms with E-state index < -0.39 is 0 Å². The van der Waals surface area contributed by atoms with Crippen LogP contribution in [0.3, 0.4) is 0 Å². The third-order valence-electron chi connectivity index (χ3n) is 2.38. The lowest BCUT2D eigenvalue weighted by molar-refractivity contribution is -0.455. The highest BCUT2D eigenvalue weighted by molar-refractivity contribution is 6.05. The van der Waals surface area contributed by atoms with E-state index >= 15 is 0 Å². The van der Waals surface area contributed by atoms with Crippen LogP contribution in [0.4, 0.5) is 0 Å². The molecule has 0 saturated heterocycles. The van der Waals surface area contributed by atoms with E-state index in [1.807, 2.05) is 24.3 Å². The summed E-state index contributed by atoms with van der Waals surface area (Å²) in [4.78, 5) is 14.5. The van der Waals surface area contributed by atoms with Gasteiger partial charge in [0.05, 0.1) is 5.39 Å². The zero-order chi connectivity index (χ0) is 9.54. The molecule has 14 heavy (non-hydrogen) atoms. The summed E-state index contributed by atoms with van der Waals surface area (Å²) in [5, 5.41) is 7.23. The number of aromatic amines is 3. The number of nitrogens with one attached hydrogen (secondary N) is 3. The van der Waals surface area contributed by atoms with Gasteiger partial charge in [-0.1, -0.05) is 18.2 Å². The fraction of sp³-hybridized carbons (Fsp3) is 0. The van der Waals surface area contributed by atoms with E-state index in [1.54, 1.807) is 6.20 Å². The first-order valence-electron chi connectivity index (χ1n) is 4.36. The van der Waals surface area contributed by atoms with Gasteiger partial charge in [0.25, 0.3) is 0 Å². The van der Waals surface area contributed by atoms with Gasteiger partial charge in [-0.3, -0.25) is 4.79 Å². The van der Waals surface area contributed by atoms with Gasteiger partial charge < -0.3 is 4.98 Å². The van der Waals surface area contributed by atoms with E-state index in [0.717, 1.165) is 16.3 Å². The average molecular weight is 186 g/mol. The van der Waals surface area contributed by atoms with E-state index in [1.165, 1.54) is 0 Å². The van der Waals surface area contributed by atoms with E-state index in [0.29, 0.717) is 5.52 Å². The van der Waals surface area contributed by atoms with Crippen LogP contribution in [0.15, 0.2) is 35.3 Å². The minimum absolute atomic E-state index is 0.126. The molecule has 68 valence electrons. The third-order valence-corrected chi connectivity index (χ3v) is 2.38. The van der Waals surface area contributed by atoms with Gasteiger partial charge in [0, 0.05) is 10.9 Å². The van der Waals surface area contributed by atoms with Crippen LogP contribution in [0, 0.1) is 0 Å². The number of benzene rings is 1. The van der Waals surface area contributed by atoms with Crippen molar-refractivity contribution in [2.75, 3.05) is 0 Å². The summed E-state index contributed by atoms with van der Waals surface area (Å²) in [5.74, 6) is 0. The second-order valence-corrected chi connectivity index (χ2v) is 3.20. The Morgan fingerprint density at radius 2 is 2.00 bits per heavy atom. The Bertz CT molecular complexity index is 665. The second kappa shape index (κ2) is 2.45. The molecule has 2 heterocycles. The largest absolute Gasteiger partial charge is 0.350 e. The van der Waals surface area contributed by atoms with Crippen molar-refractivity contribution < 1.29 is 5.10 Å². The monoisotopic (exact) mass is 186 g/mol. The second-order valence-electron chi connectivity index (χ2n) is 3.20. The Kier molecular flexibility index (Phi) is 1.28. The zero-order valence-corrected chi connectivity index (χ0v) is 7.29. The lowest BCUT2D eigenvalue weighted by Crippen LogP contribution is -2.20. The lowest BCUT2D eigenvalue weighted by Gasteiger charge is -1.84. The average Bonchev–Trinajstić information content (AvgIpc) is 2.59. The van der Waals surface area contributed by atoms with E-state index in [-0.39, 0.29) is 5.56 Å². The van der Waals surface area contributed by atoms with Gasteiger partial charge in [0.15, 0.2) is 0 Å². The van der Waals surface area contributed by atoms with E-state index in [9.17, 15) is 4.79 Å². The molecule has 0 aliphatic rings. The molecule has 4 nitrogen and oxygen atoms in total. The van der Waals surface area contributed by atoms with Gasteiger partial charge >= 0.3 is 5.56 Å². The fourth-order valence-electron chi connectivity index (χ4n) is 1.73. The molecule has 0 saturated carbocycles. The predicted octanol–water partition coefficient (Wildman–Crippen LogP) is 0.823. The van der Waals surface area contributed by atoms with Crippen molar-refractivity contribution in [3.63, 3.8) is 0 Å². The molecule has 0 aliphatic heterocycles. The number of aromatic nitrogens is 3. The Hall–Kier alpha value is -2.10. The molecule has 0 unspecified atom stereocenters. The van der Waals surface area contributed by atoms with Crippen molar-refractivity contribution >= 4 is 21.8 Å². The minimum atomic E-state index is -0.126. The Balaban J connectivity index is 2.70. The molecule has 4 heteroatoms. The first-order valence-corrected chi connectivity index (χ1v) is 4.36. The van der Waals surface area contributed by atoms with Crippen LogP contribution >= 0.6 is 0 Å². The maximum absolute atomic E-state index is 11.4. The highest BCUT2D eigenvalue weighted by Gasteiger charge is 2.08. The first kappa shape index (κ1) is 7.32. The van der Waals surface area contributed by atoms with Crippen LogP contribution in [0.2, 0.25) is 0 Å². The van der Waals surface area contributed by atoms with Gasteiger partial charge in [0.1, 0.15) is 5.52 Å². The maximum atomic E-state index is 11.4. The van der Waals surface area contributed by atoms with Crippen LogP contribution in [-0.4, -0.2) is 10.1 Å². The van der Waals surface area contributed by atoms with Crippen LogP contribution in [0.25, 0.3) is 21.8 Å². The summed E-state index contributed by atoms with van der Waals surface area (Å²) >= 11 is 0. The molecule has 0 fully saturated rings. The highest BCUT2D eigenvalue weighted by Crippen LogP contribution is 2.20. The van der Waals surface area contributed by atoms with Crippen molar-refractivity contribution in [3.05, 3.63) is 40.8 Å². The first-order chi connectivity index (χ1) is 6.86. The van der Waals surface area contributed by atoms with Gasteiger partial charge in [-0.2, -0.15) is 0 Å². The van der Waals surface area contributed by atoms with Gasteiger partial charge in [-0.15, -0.1) is 10.2 Å². The topological polar surface area (TPSA) is 62.8 Å². The molecule has 3 aromatic rings. The van der Waals surface area contributed by atoms with Crippen molar-refractivity contribution in [1.29, 1.82) is 0 Å². The van der Waals surface area contributed by atoms with E-state index in [4.69, 9.17) is 0 Å². The number of rotatable bonds is 0. The molecule has 0 amide bonds. The van der Waals surface area contributed by atoms with Crippen LogP contribution in [0.5, 0.6) is 0 Å². The Morgan fingerprint density at radius 3 is 2.93 bits per heavy atom. The molecule has 1 aromatic carbocycles. The number of para-hydroxylation sites is 1. The fourth-order valence-corrected chi connectivity index (χ4v) is 1.73. The molecule has 0 spiro atoms. The summed E-state index contributed by atoms with van der Waals surface area (Å²) in [5.41, 5.74) is 1.47. The van der Waals surface area contributed by atoms with Crippen LogP contribution in [-0.2, 0) is 0 Å². The maximum Gasteiger partial charge on any atom is 0.322 e. The quantitative estimate of drug-likeness (QED) is 0.536. The number of fused-ring (bicyclic) bond motifs is 3. The molecule has 2 aromatic heterocycles. The van der Waals surface area contributed by atoms with E-state index in [2.05, 4.69) is 15.2 Å². The highest BCUT2D eigenvalue weighted by atomic mass is 16.1.